The SMILES string of the molecule is CCCC(=O)O.CCCC(=O)O.O=C[C@H](O)[C@@H](O)[C@H](O)[C@H](O)CO. The van der Waals surface area contributed by atoms with Gasteiger partial charge in [-0.3, -0.25) is 9.59 Å². The summed E-state index contributed by atoms with van der Waals surface area (Å²) in [5.74, 6) is -1.42. The van der Waals surface area contributed by atoms with Crippen molar-refractivity contribution in [2.45, 2.75) is 63.9 Å². The molecule has 10 nitrogen and oxygen atoms in total. The number of rotatable bonds is 9. The Morgan fingerprint density at radius 2 is 1.25 bits per heavy atom. The number of aldehydes is 1. The van der Waals surface area contributed by atoms with Crippen molar-refractivity contribution in [2.75, 3.05) is 6.61 Å². The van der Waals surface area contributed by atoms with E-state index in [2.05, 4.69) is 0 Å². The van der Waals surface area contributed by atoms with Gasteiger partial charge in [0.2, 0.25) is 0 Å². The molecule has 0 aliphatic rings. The van der Waals surface area contributed by atoms with Crippen LogP contribution >= 0.6 is 0 Å². The summed E-state index contributed by atoms with van der Waals surface area (Å²) in [5, 5.41) is 59.4. The zero-order chi connectivity index (χ0) is 19.7. The highest BCUT2D eigenvalue weighted by atomic mass is 16.4. The number of aliphatic carboxylic acids is 2. The maximum absolute atomic E-state index is 9.90. The topological polar surface area (TPSA) is 193 Å². The van der Waals surface area contributed by atoms with Crippen LogP contribution in [0.2, 0.25) is 0 Å². The Hall–Kier alpha value is -1.59. The predicted octanol–water partition coefficient (Wildman–Crippen LogP) is -1.64. The van der Waals surface area contributed by atoms with Crippen LogP contribution in [0.1, 0.15) is 39.5 Å². The number of carbonyl (C=O) groups is 3. The smallest absolute Gasteiger partial charge is 0.303 e. The fourth-order valence-corrected chi connectivity index (χ4v) is 1.05. The quantitative estimate of drug-likeness (QED) is 0.236. The molecule has 24 heavy (non-hydrogen) atoms. The summed E-state index contributed by atoms with van der Waals surface area (Å²) in [5.41, 5.74) is 0. The number of carboxylic acid groups (broad SMARTS) is 2. The molecule has 7 N–H and O–H groups in total. The van der Waals surface area contributed by atoms with E-state index in [1.807, 2.05) is 13.8 Å². The second kappa shape index (κ2) is 17.8. The average Bonchev–Trinajstić information content (AvgIpc) is 2.52. The van der Waals surface area contributed by atoms with Gasteiger partial charge in [0.1, 0.15) is 24.4 Å². The molecular weight excluding hydrogens is 328 g/mol. The van der Waals surface area contributed by atoms with Crippen LogP contribution in [0.15, 0.2) is 0 Å². The van der Waals surface area contributed by atoms with Gasteiger partial charge in [-0.15, -0.1) is 0 Å². The first-order valence-electron chi connectivity index (χ1n) is 7.30. The zero-order valence-corrected chi connectivity index (χ0v) is 13.8. The van der Waals surface area contributed by atoms with Gasteiger partial charge in [-0.1, -0.05) is 13.8 Å². The first kappa shape index (κ1) is 27.3. The number of hydrogen-bond donors (Lipinski definition) is 7. The third-order valence-electron chi connectivity index (χ3n) is 2.35. The summed E-state index contributed by atoms with van der Waals surface area (Å²) in [6, 6.07) is 0. The molecule has 0 bridgehead atoms. The Labute approximate surface area is 140 Å². The molecule has 0 saturated carbocycles. The van der Waals surface area contributed by atoms with Crippen molar-refractivity contribution in [3.8, 4) is 0 Å². The van der Waals surface area contributed by atoms with Crippen LogP contribution in [-0.2, 0) is 14.4 Å². The first-order valence-corrected chi connectivity index (χ1v) is 7.30. The normalized spacial score (nSPS) is 14.6. The molecule has 0 aromatic heterocycles. The number of aliphatic hydroxyl groups excluding tert-OH is 5. The van der Waals surface area contributed by atoms with Gasteiger partial charge < -0.3 is 40.5 Å². The van der Waals surface area contributed by atoms with E-state index in [1.165, 1.54) is 0 Å². The van der Waals surface area contributed by atoms with Crippen molar-refractivity contribution in [1.29, 1.82) is 0 Å². The molecule has 0 radical (unpaired) electrons. The Kier molecular flexibility index (Phi) is 20.2. The molecular formula is C14H28O10. The maximum Gasteiger partial charge on any atom is 0.303 e. The molecule has 0 heterocycles. The third kappa shape index (κ3) is 18.5. The van der Waals surface area contributed by atoms with E-state index >= 15 is 0 Å². The van der Waals surface area contributed by atoms with E-state index < -0.39 is 43.0 Å². The van der Waals surface area contributed by atoms with Gasteiger partial charge in [-0.05, 0) is 12.8 Å². The lowest BCUT2D eigenvalue weighted by molar-refractivity contribution is -0.138. The van der Waals surface area contributed by atoms with Crippen molar-refractivity contribution in [3.05, 3.63) is 0 Å². The second-order valence-electron chi connectivity index (χ2n) is 4.65. The van der Waals surface area contributed by atoms with E-state index in [-0.39, 0.29) is 6.29 Å². The third-order valence-corrected chi connectivity index (χ3v) is 2.35. The van der Waals surface area contributed by atoms with Crippen LogP contribution in [0.5, 0.6) is 0 Å². The van der Waals surface area contributed by atoms with Crippen LogP contribution in [0.3, 0.4) is 0 Å². The van der Waals surface area contributed by atoms with E-state index in [0.29, 0.717) is 12.8 Å². The lowest BCUT2D eigenvalue weighted by atomic mass is 10.0. The minimum absolute atomic E-state index is 0.0258. The van der Waals surface area contributed by atoms with Crippen LogP contribution in [0.4, 0.5) is 0 Å². The Morgan fingerprint density at radius 1 is 0.875 bits per heavy atom. The lowest BCUT2D eigenvalue weighted by Gasteiger charge is -2.22. The molecule has 4 atom stereocenters. The lowest BCUT2D eigenvalue weighted by Crippen LogP contribution is -2.46. The highest BCUT2D eigenvalue weighted by Crippen LogP contribution is 2.02. The maximum atomic E-state index is 9.90. The summed E-state index contributed by atoms with van der Waals surface area (Å²) in [6.45, 7) is 2.92. The molecule has 0 spiro atoms. The Balaban J connectivity index is -0.000000309. The van der Waals surface area contributed by atoms with Gasteiger partial charge in [-0.2, -0.15) is 0 Å². The van der Waals surface area contributed by atoms with Crippen molar-refractivity contribution in [1.82, 2.24) is 0 Å². The molecule has 10 heteroatoms. The molecule has 144 valence electrons. The largest absolute Gasteiger partial charge is 0.481 e. The summed E-state index contributed by atoms with van der Waals surface area (Å²) in [7, 11) is 0. The summed E-state index contributed by atoms with van der Waals surface area (Å²) >= 11 is 0. The van der Waals surface area contributed by atoms with Crippen molar-refractivity contribution >= 4 is 18.2 Å². The highest BCUT2D eigenvalue weighted by molar-refractivity contribution is 5.66. The minimum Gasteiger partial charge on any atom is -0.481 e. The standard InChI is InChI=1S/C6H12O6.2C4H8O2/c7-1-3(9)5(11)6(12)4(10)2-8;2*1-2-3-4(5)6/h1,3-6,8-12H,2H2;2*2-3H2,1H3,(H,5,6)/t3-,4+,5+,6+;;/m0../s1. The summed E-state index contributed by atoms with van der Waals surface area (Å²) < 4.78 is 0. The van der Waals surface area contributed by atoms with Gasteiger partial charge >= 0.3 is 11.9 Å². The summed E-state index contributed by atoms with van der Waals surface area (Å²) in [4.78, 5) is 29.1. The molecule has 0 aromatic rings. The number of aliphatic hydroxyl groups is 5. The fraction of sp³-hybridized carbons (Fsp3) is 0.786. The van der Waals surface area contributed by atoms with Gasteiger partial charge in [0.25, 0.3) is 0 Å². The monoisotopic (exact) mass is 356 g/mol. The van der Waals surface area contributed by atoms with Gasteiger partial charge in [-0.25, -0.2) is 0 Å². The molecule has 0 aliphatic heterocycles. The van der Waals surface area contributed by atoms with Crippen LogP contribution < -0.4 is 0 Å². The Morgan fingerprint density at radius 3 is 1.42 bits per heavy atom. The zero-order valence-electron chi connectivity index (χ0n) is 13.8. The molecule has 0 saturated heterocycles. The molecule has 0 aromatic carbocycles. The van der Waals surface area contributed by atoms with Gasteiger partial charge in [0.05, 0.1) is 6.61 Å². The second-order valence-corrected chi connectivity index (χ2v) is 4.65. The van der Waals surface area contributed by atoms with E-state index in [4.69, 9.17) is 35.7 Å². The molecule has 0 aliphatic carbocycles. The molecule has 0 amide bonds. The van der Waals surface area contributed by atoms with Crippen LogP contribution in [0.25, 0.3) is 0 Å². The first-order chi connectivity index (χ1) is 11.1. The molecule has 0 rings (SSSR count). The van der Waals surface area contributed by atoms with E-state index in [1.54, 1.807) is 0 Å². The van der Waals surface area contributed by atoms with Crippen LogP contribution in [0, 0.1) is 0 Å². The van der Waals surface area contributed by atoms with Crippen molar-refractivity contribution in [2.24, 2.45) is 0 Å². The van der Waals surface area contributed by atoms with Crippen molar-refractivity contribution in [3.63, 3.8) is 0 Å². The Bertz CT molecular complexity index is 318. The highest BCUT2D eigenvalue weighted by Gasteiger charge is 2.29. The number of hydrogen-bond acceptors (Lipinski definition) is 8. The van der Waals surface area contributed by atoms with Gasteiger partial charge in [0, 0.05) is 12.8 Å². The number of carbonyl (C=O) groups excluding carboxylic acids is 1. The van der Waals surface area contributed by atoms with Gasteiger partial charge in [0.15, 0.2) is 6.29 Å². The molecule has 0 fully saturated rings. The predicted molar refractivity (Wildman–Crippen MR) is 82.3 cm³/mol. The fourth-order valence-electron chi connectivity index (χ4n) is 1.05. The van der Waals surface area contributed by atoms with E-state index in [9.17, 15) is 14.4 Å². The average molecular weight is 356 g/mol. The van der Waals surface area contributed by atoms with Crippen LogP contribution in [-0.4, -0.2) is 85.0 Å². The number of carboxylic acids is 2. The van der Waals surface area contributed by atoms with Crippen molar-refractivity contribution < 1.29 is 50.1 Å². The summed E-state index contributed by atoms with van der Waals surface area (Å²) in [6.07, 6.45) is -4.79. The molecule has 0 unspecified atom stereocenters. The van der Waals surface area contributed by atoms with E-state index in [0.717, 1.165) is 12.8 Å². The minimum atomic E-state index is -1.79.